The lowest BCUT2D eigenvalue weighted by Crippen LogP contribution is -2.34. The minimum Gasteiger partial charge on any atom is -0.409 e. The van der Waals surface area contributed by atoms with E-state index in [1.807, 2.05) is 42.3 Å². The number of hydrogen-bond donors (Lipinski definition) is 3. The van der Waals surface area contributed by atoms with Gasteiger partial charge in [0.2, 0.25) is 0 Å². The van der Waals surface area contributed by atoms with Crippen LogP contribution in [-0.4, -0.2) is 47.8 Å². The highest BCUT2D eigenvalue weighted by Gasteiger charge is 2.18. The van der Waals surface area contributed by atoms with Crippen molar-refractivity contribution in [3.8, 4) is 0 Å². The first-order valence-electron chi connectivity index (χ1n) is 5.50. The van der Waals surface area contributed by atoms with Gasteiger partial charge in [-0.1, -0.05) is 35.5 Å². The predicted octanol–water partition coefficient (Wildman–Crippen LogP) is 0.441. The Bertz CT molecular complexity index is 354. The third kappa shape index (κ3) is 4.05. The van der Waals surface area contributed by atoms with E-state index in [2.05, 4.69) is 5.16 Å². The van der Waals surface area contributed by atoms with Gasteiger partial charge in [-0.25, -0.2) is 0 Å². The number of nitrogens with zero attached hydrogens (tertiary/aromatic N) is 2. The molecule has 5 heteroatoms. The molecule has 0 spiro atoms. The molecule has 0 bridgehead atoms. The summed E-state index contributed by atoms with van der Waals surface area (Å²) in [5, 5.41) is 20.8. The second-order valence-corrected chi connectivity index (χ2v) is 3.97. The van der Waals surface area contributed by atoms with Crippen LogP contribution in [0.1, 0.15) is 11.5 Å². The van der Waals surface area contributed by atoms with Gasteiger partial charge in [0.05, 0.1) is 12.5 Å². The maximum absolute atomic E-state index is 8.86. The lowest BCUT2D eigenvalue weighted by molar-refractivity contribution is 0.219. The van der Waals surface area contributed by atoms with E-state index in [-0.39, 0.29) is 18.4 Å². The molecule has 0 amide bonds. The highest BCUT2D eigenvalue weighted by Crippen LogP contribution is 2.16. The summed E-state index contributed by atoms with van der Waals surface area (Å²) in [7, 11) is 1.89. The Morgan fingerprint density at radius 1 is 1.41 bits per heavy atom. The Balaban J connectivity index is 2.82. The molecule has 0 aliphatic heterocycles. The highest BCUT2D eigenvalue weighted by molar-refractivity contribution is 5.87. The van der Waals surface area contributed by atoms with Crippen molar-refractivity contribution in [3.05, 3.63) is 35.9 Å². The predicted molar refractivity (Wildman–Crippen MR) is 67.2 cm³/mol. The van der Waals surface area contributed by atoms with E-state index < -0.39 is 0 Å². The van der Waals surface area contributed by atoms with Crippen LogP contribution in [0.2, 0.25) is 0 Å². The van der Waals surface area contributed by atoms with Crippen molar-refractivity contribution < 1.29 is 10.3 Å². The summed E-state index contributed by atoms with van der Waals surface area (Å²) in [4.78, 5) is 1.94. The molecule has 5 nitrogen and oxygen atoms in total. The summed E-state index contributed by atoms with van der Waals surface area (Å²) >= 11 is 0. The van der Waals surface area contributed by atoms with Gasteiger partial charge in [0.1, 0.15) is 5.84 Å². The molecule has 1 unspecified atom stereocenters. The molecule has 0 radical (unpaired) electrons. The Labute approximate surface area is 101 Å². The number of aliphatic hydroxyl groups excluding tert-OH is 1. The smallest absolute Gasteiger partial charge is 0.147 e. The van der Waals surface area contributed by atoms with Gasteiger partial charge >= 0.3 is 0 Å². The molecule has 1 aromatic carbocycles. The molecule has 0 aliphatic rings. The number of benzene rings is 1. The van der Waals surface area contributed by atoms with Crippen molar-refractivity contribution in [1.82, 2.24) is 4.90 Å². The molecule has 0 fully saturated rings. The monoisotopic (exact) mass is 237 g/mol. The van der Waals surface area contributed by atoms with Gasteiger partial charge in [0, 0.05) is 13.1 Å². The first-order chi connectivity index (χ1) is 8.19. The number of nitrogens with two attached hydrogens (primary N) is 1. The average molecular weight is 237 g/mol. The third-order valence-corrected chi connectivity index (χ3v) is 2.65. The Morgan fingerprint density at radius 3 is 2.59 bits per heavy atom. The summed E-state index contributed by atoms with van der Waals surface area (Å²) in [6.45, 7) is 1.25. The second kappa shape index (κ2) is 6.88. The molecule has 4 N–H and O–H groups in total. The summed E-state index contributed by atoms with van der Waals surface area (Å²) in [6, 6.07) is 9.63. The van der Waals surface area contributed by atoms with E-state index in [9.17, 15) is 0 Å². The molecule has 0 aromatic heterocycles. The van der Waals surface area contributed by atoms with Crippen LogP contribution in [0.3, 0.4) is 0 Å². The number of oxime groups is 1. The third-order valence-electron chi connectivity index (χ3n) is 2.65. The van der Waals surface area contributed by atoms with Gasteiger partial charge in [0.15, 0.2) is 0 Å². The SMILES string of the molecule is CN(CCO)CC(C(N)=NO)c1ccccc1. The molecule has 17 heavy (non-hydrogen) atoms. The van der Waals surface area contributed by atoms with Crippen molar-refractivity contribution in [2.75, 3.05) is 26.7 Å². The van der Waals surface area contributed by atoms with E-state index >= 15 is 0 Å². The molecule has 0 heterocycles. The molecule has 1 aromatic rings. The minimum absolute atomic E-state index is 0.0915. The molecule has 1 atom stereocenters. The van der Waals surface area contributed by atoms with E-state index in [1.54, 1.807) is 0 Å². The Morgan fingerprint density at radius 2 is 2.06 bits per heavy atom. The van der Waals surface area contributed by atoms with Crippen molar-refractivity contribution in [3.63, 3.8) is 0 Å². The molecular weight excluding hydrogens is 218 g/mol. The number of rotatable bonds is 6. The zero-order valence-electron chi connectivity index (χ0n) is 9.95. The number of amidine groups is 1. The van der Waals surface area contributed by atoms with E-state index in [4.69, 9.17) is 16.0 Å². The number of likely N-dealkylation sites (N-methyl/N-ethyl adjacent to an activating group) is 1. The topological polar surface area (TPSA) is 82.1 Å². The summed E-state index contributed by atoms with van der Waals surface area (Å²) < 4.78 is 0. The fraction of sp³-hybridized carbons (Fsp3) is 0.417. The van der Waals surface area contributed by atoms with Gasteiger partial charge < -0.3 is 20.9 Å². The summed E-state index contributed by atoms with van der Waals surface area (Å²) in [5.41, 5.74) is 6.70. The fourth-order valence-electron chi connectivity index (χ4n) is 1.70. The standard InChI is InChI=1S/C12H19N3O2/c1-15(7-8-16)9-11(12(13)14-17)10-5-3-2-4-6-10/h2-6,11,16-17H,7-9H2,1H3,(H2,13,14). The fourth-order valence-corrected chi connectivity index (χ4v) is 1.70. The van der Waals surface area contributed by atoms with Crippen LogP contribution >= 0.6 is 0 Å². The first kappa shape index (κ1) is 13.5. The summed E-state index contributed by atoms with van der Waals surface area (Å²) in [5.74, 6) is 0.0127. The van der Waals surface area contributed by atoms with E-state index in [1.165, 1.54) is 0 Å². The van der Waals surface area contributed by atoms with Gasteiger partial charge in [-0.3, -0.25) is 0 Å². The second-order valence-electron chi connectivity index (χ2n) is 3.97. The lowest BCUT2D eigenvalue weighted by Gasteiger charge is -2.22. The highest BCUT2D eigenvalue weighted by atomic mass is 16.4. The molecule has 0 saturated carbocycles. The van der Waals surface area contributed by atoms with Gasteiger partial charge in [-0.15, -0.1) is 0 Å². The quantitative estimate of drug-likeness (QED) is 0.290. The zero-order valence-corrected chi connectivity index (χ0v) is 9.95. The van der Waals surface area contributed by atoms with Gasteiger partial charge in [0.25, 0.3) is 0 Å². The average Bonchev–Trinajstić information content (AvgIpc) is 2.36. The maximum Gasteiger partial charge on any atom is 0.147 e. The Kier molecular flexibility index (Phi) is 5.45. The molecule has 94 valence electrons. The molecule has 0 aliphatic carbocycles. The maximum atomic E-state index is 8.86. The van der Waals surface area contributed by atoms with Crippen LogP contribution in [0.5, 0.6) is 0 Å². The largest absolute Gasteiger partial charge is 0.409 e. The minimum atomic E-state index is -0.169. The van der Waals surface area contributed by atoms with Crippen LogP contribution in [0.15, 0.2) is 35.5 Å². The normalized spacial score (nSPS) is 13.9. The van der Waals surface area contributed by atoms with Crippen LogP contribution in [0.4, 0.5) is 0 Å². The molecular formula is C12H19N3O2. The lowest BCUT2D eigenvalue weighted by atomic mass is 9.97. The van der Waals surface area contributed by atoms with Gasteiger partial charge in [-0.05, 0) is 12.6 Å². The molecule has 0 saturated heterocycles. The summed E-state index contributed by atoms with van der Waals surface area (Å²) in [6.07, 6.45) is 0. The van der Waals surface area contributed by atoms with Crippen LogP contribution < -0.4 is 5.73 Å². The van der Waals surface area contributed by atoms with Crippen molar-refractivity contribution in [2.45, 2.75) is 5.92 Å². The Hall–Kier alpha value is -1.59. The van der Waals surface area contributed by atoms with Crippen LogP contribution in [0.25, 0.3) is 0 Å². The first-order valence-corrected chi connectivity index (χ1v) is 5.50. The van der Waals surface area contributed by atoms with Crippen molar-refractivity contribution in [2.24, 2.45) is 10.9 Å². The van der Waals surface area contributed by atoms with E-state index in [0.29, 0.717) is 13.1 Å². The molecule has 1 rings (SSSR count). The van der Waals surface area contributed by atoms with Crippen molar-refractivity contribution >= 4 is 5.84 Å². The van der Waals surface area contributed by atoms with Crippen LogP contribution in [0, 0.1) is 0 Å². The zero-order chi connectivity index (χ0) is 12.7. The number of aliphatic hydroxyl groups is 1. The van der Waals surface area contributed by atoms with Crippen molar-refractivity contribution in [1.29, 1.82) is 0 Å². The van der Waals surface area contributed by atoms with Crippen LogP contribution in [-0.2, 0) is 0 Å². The van der Waals surface area contributed by atoms with E-state index in [0.717, 1.165) is 5.56 Å². The van der Waals surface area contributed by atoms with Gasteiger partial charge in [-0.2, -0.15) is 0 Å². The number of hydrogen-bond acceptors (Lipinski definition) is 4.